The van der Waals surface area contributed by atoms with Gasteiger partial charge in [0.2, 0.25) is 0 Å². The van der Waals surface area contributed by atoms with Crippen molar-refractivity contribution in [3.8, 4) is 11.4 Å². The van der Waals surface area contributed by atoms with Crippen molar-refractivity contribution in [1.29, 1.82) is 0 Å². The van der Waals surface area contributed by atoms with Crippen LogP contribution in [-0.4, -0.2) is 33.2 Å². The Morgan fingerprint density at radius 3 is 2.84 bits per heavy atom. The number of nitrogens with zero attached hydrogens (tertiary/aromatic N) is 3. The first-order chi connectivity index (χ1) is 9.13. The summed E-state index contributed by atoms with van der Waals surface area (Å²) in [5.74, 6) is 2.15. The second kappa shape index (κ2) is 4.53. The molecule has 0 saturated carbocycles. The second-order valence-electron chi connectivity index (χ2n) is 5.07. The third kappa shape index (κ3) is 2.25. The van der Waals surface area contributed by atoms with Gasteiger partial charge < -0.3 is 0 Å². The number of hydrogen-bond donors (Lipinski definition) is 2. The normalized spacial score (nSPS) is 11.5. The molecule has 0 bridgehead atoms. The molecule has 0 aliphatic rings. The first kappa shape index (κ1) is 12.0. The fourth-order valence-electron chi connectivity index (χ4n) is 2.07. The number of benzene rings is 1. The minimum Gasteiger partial charge on any atom is -0.292 e. The number of aromatic amines is 2. The number of fused-ring (bicyclic) bond motifs is 1. The maximum atomic E-state index is 5.83. The van der Waals surface area contributed by atoms with Gasteiger partial charge in [-0.15, -0.1) is 0 Å². The van der Waals surface area contributed by atoms with Gasteiger partial charge in [-0.05, 0) is 29.7 Å². The molecule has 0 fully saturated rings. The second-order valence-corrected chi connectivity index (χ2v) is 5.07. The Kier molecular flexibility index (Phi) is 2.85. The van der Waals surface area contributed by atoms with Gasteiger partial charge in [-0.25, -0.2) is 4.98 Å². The molecular weight excluding hydrogens is 237 g/mol. The third-order valence-electron chi connectivity index (χ3n) is 2.98. The van der Waals surface area contributed by atoms with E-state index in [0.29, 0.717) is 17.3 Å². The highest BCUT2D eigenvalue weighted by atomic mass is 15.2. The van der Waals surface area contributed by atoms with Crippen molar-refractivity contribution >= 4 is 24.3 Å². The summed E-state index contributed by atoms with van der Waals surface area (Å²) in [6.07, 6.45) is 0.892. The van der Waals surface area contributed by atoms with Gasteiger partial charge in [-0.2, -0.15) is 10.2 Å². The molecule has 0 saturated heterocycles. The van der Waals surface area contributed by atoms with Gasteiger partial charge in [0.15, 0.2) is 5.82 Å². The van der Waals surface area contributed by atoms with Crippen LogP contribution in [0.1, 0.15) is 19.7 Å². The summed E-state index contributed by atoms with van der Waals surface area (Å²) in [5, 5.41) is 15.0. The van der Waals surface area contributed by atoms with Crippen molar-refractivity contribution in [2.24, 2.45) is 5.92 Å². The van der Waals surface area contributed by atoms with Crippen LogP contribution in [0.4, 0.5) is 0 Å². The molecule has 0 atom stereocenters. The summed E-state index contributed by atoms with van der Waals surface area (Å²) < 4.78 is 0. The highest BCUT2D eigenvalue weighted by Crippen LogP contribution is 2.19. The predicted octanol–water partition coefficient (Wildman–Crippen LogP) is 1.34. The molecule has 0 aliphatic carbocycles. The zero-order chi connectivity index (χ0) is 13.4. The van der Waals surface area contributed by atoms with Gasteiger partial charge in [0.05, 0.1) is 5.52 Å². The highest BCUT2D eigenvalue weighted by molar-refractivity contribution is 6.37. The molecule has 5 nitrogen and oxygen atoms in total. The average Bonchev–Trinajstić information content (AvgIpc) is 2.96. The molecular formula is C13H14BN5. The van der Waals surface area contributed by atoms with Crippen LogP contribution >= 0.6 is 0 Å². The van der Waals surface area contributed by atoms with E-state index in [2.05, 4.69) is 39.2 Å². The van der Waals surface area contributed by atoms with E-state index >= 15 is 0 Å². The number of hydrogen-bond acceptors (Lipinski definition) is 3. The van der Waals surface area contributed by atoms with Gasteiger partial charge in [-0.3, -0.25) is 10.2 Å². The monoisotopic (exact) mass is 251 g/mol. The summed E-state index contributed by atoms with van der Waals surface area (Å²) in [6, 6.07) is 5.82. The van der Waals surface area contributed by atoms with Crippen LogP contribution in [0.2, 0.25) is 0 Å². The molecule has 6 heteroatoms. The topological polar surface area (TPSA) is 70.2 Å². The van der Waals surface area contributed by atoms with E-state index < -0.39 is 0 Å². The lowest BCUT2D eigenvalue weighted by molar-refractivity contribution is 0.622. The number of nitrogens with one attached hydrogen (secondary N) is 2. The van der Waals surface area contributed by atoms with Gasteiger partial charge in [0, 0.05) is 17.4 Å². The average molecular weight is 251 g/mol. The number of H-pyrrole nitrogens is 2. The van der Waals surface area contributed by atoms with E-state index in [0.717, 1.165) is 28.7 Å². The largest absolute Gasteiger partial charge is 0.292 e. The van der Waals surface area contributed by atoms with Crippen LogP contribution in [0.5, 0.6) is 0 Å². The van der Waals surface area contributed by atoms with E-state index in [-0.39, 0.29) is 0 Å². The Morgan fingerprint density at radius 2 is 2.05 bits per heavy atom. The van der Waals surface area contributed by atoms with E-state index in [9.17, 15) is 0 Å². The molecule has 0 amide bonds. The highest BCUT2D eigenvalue weighted by Gasteiger charge is 2.09. The zero-order valence-electron chi connectivity index (χ0n) is 10.9. The first-order valence-electron chi connectivity index (χ1n) is 6.28. The summed E-state index contributed by atoms with van der Waals surface area (Å²) >= 11 is 0. The molecule has 2 heterocycles. The maximum Gasteiger partial charge on any atom is 0.181 e. The molecule has 2 N–H and O–H groups in total. The lowest BCUT2D eigenvalue weighted by atomic mass is 9.99. The fraction of sp³-hybridized carbons (Fsp3) is 0.308. The van der Waals surface area contributed by atoms with Crippen molar-refractivity contribution in [3.05, 3.63) is 24.0 Å². The lowest BCUT2D eigenvalue weighted by Crippen LogP contribution is -2.02. The summed E-state index contributed by atoms with van der Waals surface area (Å²) in [4.78, 5) is 4.50. The van der Waals surface area contributed by atoms with E-state index in [1.807, 2.05) is 18.2 Å². The molecule has 3 rings (SSSR count). The van der Waals surface area contributed by atoms with Crippen LogP contribution in [0.3, 0.4) is 0 Å². The van der Waals surface area contributed by atoms with Crippen molar-refractivity contribution in [3.63, 3.8) is 0 Å². The van der Waals surface area contributed by atoms with Crippen LogP contribution < -0.4 is 5.59 Å². The Morgan fingerprint density at radius 1 is 1.21 bits per heavy atom. The SMILES string of the molecule is [B]c1[nH]nc2ccc(-c3n[nH]c(CC(C)C)n3)cc12. The first-order valence-corrected chi connectivity index (χ1v) is 6.28. The maximum absolute atomic E-state index is 5.83. The molecule has 1 aromatic carbocycles. The molecule has 3 aromatic rings. The standard InChI is InChI=1S/C13H14BN5/c1-7(2)5-11-15-13(19-17-11)8-3-4-10-9(6-8)12(14)18-16-10/h3-4,6-7H,5H2,1-2H3,(H,16,18)(H,15,17,19). The molecule has 2 aromatic heterocycles. The van der Waals surface area contributed by atoms with Crippen LogP contribution in [-0.2, 0) is 6.42 Å². The van der Waals surface area contributed by atoms with E-state index in [1.54, 1.807) is 0 Å². The molecule has 2 radical (unpaired) electrons. The quantitative estimate of drug-likeness (QED) is 0.690. The Balaban J connectivity index is 1.99. The van der Waals surface area contributed by atoms with Crippen LogP contribution in [0, 0.1) is 5.92 Å². The molecule has 0 aliphatic heterocycles. The molecule has 19 heavy (non-hydrogen) atoms. The van der Waals surface area contributed by atoms with Crippen molar-refractivity contribution in [1.82, 2.24) is 25.4 Å². The van der Waals surface area contributed by atoms with Gasteiger partial charge in [-0.1, -0.05) is 13.8 Å². The van der Waals surface area contributed by atoms with Crippen molar-refractivity contribution < 1.29 is 0 Å². The smallest absolute Gasteiger partial charge is 0.181 e. The third-order valence-corrected chi connectivity index (χ3v) is 2.98. The number of rotatable bonds is 3. The van der Waals surface area contributed by atoms with Gasteiger partial charge >= 0.3 is 0 Å². The van der Waals surface area contributed by atoms with E-state index in [4.69, 9.17) is 7.85 Å². The molecule has 0 unspecified atom stereocenters. The Labute approximate surface area is 112 Å². The molecule has 94 valence electrons. The minimum atomic E-state index is 0.549. The van der Waals surface area contributed by atoms with E-state index in [1.165, 1.54) is 0 Å². The Hall–Kier alpha value is -2.11. The minimum absolute atomic E-state index is 0.549. The van der Waals surface area contributed by atoms with Crippen molar-refractivity contribution in [2.75, 3.05) is 0 Å². The predicted molar refractivity (Wildman–Crippen MR) is 75.4 cm³/mol. The number of aromatic nitrogens is 5. The summed E-state index contributed by atoms with van der Waals surface area (Å²) in [7, 11) is 5.83. The fourth-order valence-corrected chi connectivity index (χ4v) is 2.07. The van der Waals surface area contributed by atoms with Gasteiger partial charge in [0.1, 0.15) is 13.7 Å². The molecule has 0 spiro atoms. The summed E-state index contributed by atoms with van der Waals surface area (Å²) in [6.45, 7) is 4.31. The van der Waals surface area contributed by atoms with Crippen LogP contribution in [0.15, 0.2) is 18.2 Å². The lowest BCUT2D eigenvalue weighted by Gasteiger charge is -1.98. The van der Waals surface area contributed by atoms with Gasteiger partial charge in [0.25, 0.3) is 0 Å². The Bertz CT molecular complexity index is 713. The zero-order valence-corrected chi connectivity index (χ0v) is 10.9. The summed E-state index contributed by atoms with van der Waals surface area (Å²) in [5.41, 5.74) is 2.35. The van der Waals surface area contributed by atoms with Crippen LogP contribution in [0.25, 0.3) is 22.3 Å². The van der Waals surface area contributed by atoms with Crippen molar-refractivity contribution in [2.45, 2.75) is 20.3 Å².